The van der Waals surface area contributed by atoms with Gasteiger partial charge in [-0.2, -0.15) is 0 Å². The summed E-state index contributed by atoms with van der Waals surface area (Å²) in [6.07, 6.45) is 0. The first-order chi connectivity index (χ1) is 9.47. The van der Waals surface area contributed by atoms with Crippen LogP contribution < -0.4 is 10.6 Å². The number of halogens is 1. The van der Waals surface area contributed by atoms with E-state index in [1.807, 2.05) is 6.92 Å². The van der Waals surface area contributed by atoms with Gasteiger partial charge in [0.05, 0.1) is 5.69 Å². The predicted molar refractivity (Wildman–Crippen MR) is 90.0 cm³/mol. The molecule has 106 valence electrons. The minimum absolute atomic E-state index is 0.0578. The molecule has 0 fully saturated rings. The SMILES string of the molecule is Cc1cccc(CN(C)c2ccc([C@@H](C)N)cc2Br)c1. The molecule has 20 heavy (non-hydrogen) atoms. The van der Waals surface area contributed by atoms with Crippen molar-refractivity contribution < 1.29 is 0 Å². The summed E-state index contributed by atoms with van der Waals surface area (Å²) in [4.78, 5) is 2.24. The summed E-state index contributed by atoms with van der Waals surface area (Å²) in [7, 11) is 2.11. The number of rotatable bonds is 4. The van der Waals surface area contributed by atoms with Gasteiger partial charge in [0.15, 0.2) is 0 Å². The Bertz CT molecular complexity index is 593. The Hall–Kier alpha value is -1.32. The monoisotopic (exact) mass is 332 g/mol. The Morgan fingerprint density at radius 1 is 1.20 bits per heavy atom. The third kappa shape index (κ3) is 3.62. The van der Waals surface area contributed by atoms with Crippen molar-refractivity contribution in [3.05, 3.63) is 63.6 Å². The lowest BCUT2D eigenvalue weighted by Gasteiger charge is -2.22. The number of nitrogens with two attached hydrogens (primary N) is 1. The maximum Gasteiger partial charge on any atom is 0.0511 e. The van der Waals surface area contributed by atoms with E-state index in [0.717, 1.165) is 16.6 Å². The lowest BCUT2D eigenvalue weighted by atomic mass is 10.1. The van der Waals surface area contributed by atoms with E-state index < -0.39 is 0 Å². The smallest absolute Gasteiger partial charge is 0.0511 e. The van der Waals surface area contributed by atoms with E-state index in [9.17, 15) is 0 Å². The maximum atomic E-state index is 5.91. The molecule has 0 radical (unpaired) electrons. The van der Waals surface area contributed by atoms with Crippen LogP contribution in [0.4, 0.5) is 5.69 Å². The molecule has 0 amide bonds. The zero-order valence-corrected chi connectivity index (χ0v) is 13.8. The zero-order chi connectivity index (χ0) is 14.7. The molecule has 0 saturated carbocycles. The third-order valence-electron chi connectivity index (χ3n) is 3.41. The van der Waals surface area contributed by atoms with Crippen LogP contribution in [0.3, 0.4) is 0 Å². The number of aryl methyl sites for hydroxylation is 1. The van der Waals surface area contributed by atoms with Crippen LogP contribution in [-0.4, -0.2) is 7.05 Å². The Kier molecular flexibility index (Phi) is 4.84. The van der Waals surface area contributed by atoms with Crippen molar-refractivity contribution in [2.45, 2.75) is 26.4 Å². The number of nitrogens with zero attached hydrogens (tertiary/aromatic N) is 1. The summed E-state index contributed by atoms with van der Waals surface area (Å²) in [5.41, 5.74) is 10.8. The van der Waals surface area contributed by atoms with E-state index in [2.05, 4.69) is 77.3 Å². The predicted octanol–water partition coefficient (Wildman–Crippen LogP) is 4.41. The van der Waals surface area contributed by atoms with Gasteiger partial charge >= 0.3 is 0 Å². The normalized spacial score (nSPS) is 12.2. The highest BCUT2D eigenvalue weighted by Crippen LogP contribution is 2.29. The van der Waals surface area contributed by atoms with E-state index in [-0.39, 0.29) is 6.04 Å². The molecule has 0 spiro atoms. The topological polar surface area (TPSA) is 29.3 Å². The van der Waals surface area contributed by atoms with E-state index in [1.54, 1.807) is 0 Å². The first kappa shape index (κ1) is 15.1. The molecule has 1 atom stereocenters. The van der Waals surface area contributed by atoms with Crippen molar-refractivity contribution in [3.8, 4) is 0 Å². The van der Waals surface area contributed by atoms with Gasteiger partial charge in [-0.15, -0.1) is 0 Å². The second kappa shape index (κ2) is 6.42. The van der Waals surface area contributed by atoms with Crippen LogP contribution in [0.25, 0.3) is 0 Å². The van der Waals surface area contributed by atoms with Crippen molar-refractivity contribution >= 4 is 21.6 Å². The minimum Gasteiger partial charge on any atom is -0.369 e. The molecule has 2 aromatic rings. The first-order valence-corrected chi connectivity index (χ1v) is 7.58. The molecule has 0 aliphatic rings. The van der Waals surface area contributed by atoms with Gasteiger partial charge in [-0.1, -0.05) is 35.9 Å². The Balaban J connectivity index is 2.19. The van der Waals surface area contributed by atoms with Crippen molar-refractivity contribution in [1.82, 2.24) is 0 Å². The van der Waals surface area contributed by atoms with Gasteiger partial charge in [-0.05, 0) is 53.0 Å². The molecule has 2 rings (SSSR count). The number of benzene rings is 2. The molecule has 0 bridgehead atoms. The fourth-order valence-electron chi connectivity index (χ4n) is 2.29. The van der Waals surface area contributed by atoms with Gasteiger partial charge in [0.1, 0.15) is 0 Å². The van der Waals surface area contributed by atoms with Crippen LogP contribution in [0.1, 0.15) is 29.7 Å². The lowest BCUT2D eigenvalue weighted by molar-refractivity contribution is 0.816. The highest BCUT2D eigenvalue weighted by molar-refractivity contribution is 9.10. The zero-order valence-electron chi connectivity index (χ0n) is 12.2. The molecular formula is C17H21BrN2. The number of anilines is 1. The Labute approximate surface area is 129 Å². The van der Waals surface area contributed by atoms with E-state index in [0.29, 0.717) is 0 Å². The fraction of sp³-hybridized carbons (Fsp3) is 0.294. The van der Waals surface area contributed by atoms with Crippen molar-refractivity contribution in [1.29, 1.82) is 0 Å². The Morgan fingerprint density at radius 2 is 1.95 bits per heavy atom. The molecule has 0 aliphatic carbocycles. The molecule has 0 saturated heterocycles. The molecular weight excluding hydrogens is 312 g/mol. The largest absolute Gasteiger partial charge is 0.369 e. The summed E-state index contributed by atoms with van der Waals surface area (Å²) in [5, 5.41) is 0. The van der Waals surface area contributed by atoms with Crippen molar-refractivity contribution in [2.24, 2.45) is 5.73 Å². The summed E-state index contributed by atoms with van der Waals surface area (Å²) in [6, 6.07) is 15.0. The summed E-state index contributed by atoms with van der Waals surface area (Å²) in [5.74, 6) is 0. The quantitative estimate of drug-likeness (QED) is 0.898. The minimum atomic E-state index is 0.0578. The summed E-state index contributed by atoms with van der Waals surface area (Å²) in [6.45, 7) is 5.01. The van der Waals surface area contributed by atoms with Crippen LogP contribution in [0.2, 0.25) is 0 Å². The standard InChI is InChI=1S/C17H21BrN2/c1-12-5-4-6-14(9-12)11-20(3)17-8-7-15(13(2)19)10-16(17)18/h4-10,13H,11,19H2,1-3H3/t13-/m1/s1. The van der Waals surface area contributed by atoms with Crippen LogP contribution in [0.15, 0.2) is 46.9 Å². The van der Waals surface area contributed by atoms with E-state index in [1.165, 1.54) is 16.8 Å². The molecule has 2 aromatic carbocycles. The molecule has 0 heterocycles. The molecule has 2 N–H and O–H groups in total. The van der Waals surface area contributed by atoms with Gasteiger partial charge in [0, 0.05) is 24.1 Å². The van der Waals surface area contributed by atoms with Gasteiger partial charge in [-0.25, -0.2) is 0 Å². The number of hydrogen-bond acceptors (Lipinski definition) is 2. The molecule has 0 aromatic heterocycles. The third-order valence-corrected chi connectivity index (χ3v) is 4.05. The van der Waals surface area contributed by atoms with Gasteiger partial charge in [0.25, 0.3) is 0 Å². The highest BCUT2D eigenvalue weighted by atomic mass is 79.9. The molecule has 0 unspecified atom stereocenters. The fourth-order valence-corrected chi connectivity index (χ4v) is 2.98. The Morgan fingerprint density at radius 3 is 2.55 bits per heavy atom. The second-order valence-corrected chi connectivity index (χ2v) is 6.20. The van der Waals surface area contributed by atoms with E-state index in [4.69, 9.17) is 5.73 Å². The average molecular weight is 333 g/mol. The maximum absolute atomic E-state index is 5.91. The second-order valence-electron chi connectivity index (χ2n) is 5.34. The van der Waals surface area contributed by atoms with Gasteiger partial charge in [-0.3, -0.25) is 0 Å². The summed E-state index contributed by atoms with van der Waals surface area (Å²) >= 11 is 3.65. The average Bonchev–Trinajstić information content (AvgIpc) is 2.38. The van der Waals surface area contributed by atoms with Crippen LogP contribution >= 0.6 is 15.9 Å². The van der Waals surface area contributed by atoms with Crippen molar-refractivity contribution in [2.75, 3.05) is 11.9 Å². The molecule has 3 heteroatoms. The van der Waals surface area contributed by atoms with Crippen LogP contribution in [-0.2, 0) is 6.54 Å². The molecule has 2 nitrogen and oxygen atoms in total. The van der Waals surface area contributed by atoms with Crippen molar-refractivity contribution in [3.63, 3.8) is 0 Å². The van der Waals surface area contributed by atoms with Crippen LogP contribution in [0, 0.1) is 6.92 Å². The van der Waals surface area contributed by atoms with Crippen LogP contribution in [0.5, 0.6) is 0 Å². The lowest BCUT2D eigenvalue weighted by Crippen LogP contribution is -2.17. The highest BCUT2D eigenvalue weighted by Gasteiger charge is 2.09. The van der Waals surface area contributed by atoms with E-state index >= 15 is 0 Å². The first-order valence-electron chi connectivity index (χ1n) is 6.79. The molecule has 0 aliphatic heterocycles. The number of hydrogen-bond donors (Lipinski definition) is 1. The van der Waals surface area contributed by atoms with Gasteiger partial charge < -0.3 is 10.6 Å². The summed E-state index contributed by atoms with van der Waals surface area (Å²) < 4.78 is 1.09. The van der Waals surface area contributed by atoms with Gasteiger partial charge in [0.2, 0.25) is 0 Å².